The quantitative estimate of drug-likeness (QED) is 0.265. The Morgan fingerprint density at radius 1 is 0.906 bits per heavy atom. The number of methoxy groups -OCH3 is 1. The van der Waals surface area contributed by atoms with Crippen LogP contribution in [0.1, 0.15) is 34.3 Å². The van der Waals surface area contributed by atoms with Crippen LogP contribution >= 0.6 is 0 Å². The molecule has 162 valence electrons. The summed E-state index contributed by atoms with van der Waals surface area (Å²) in [6.45, 7) is 2.16. The molecule has 2 atom stereocenters. The molecule has 0 aliphatic carbocycles. The number of ether oxygens (including phenoxy) is 2. The molecule has 0 saturated heterocycles. The van der Waals surface area contributed by atoms with E-state index < -0.39 is 5.92 Å². The molecule has 3 aromatic carbocycles. The van der Waals surface area contributed by atoms with Crippen LogP contribution in [0.15, 0.2) is 84.9 Å². The van der Waals surface area contributed by atoms with Gasteiger partial charge in [0.15, 0.2) is 0 Å². The van der Waals surface area contributed by atoms with Crippen LogP contribution in [-0.4, -0.2) is 43.6 Å². The number of esters is 1. The number of carbonyl (C=O) groups excluding carboxylic acids is 1. The van der Waals surface area contributed by atoms with Crippen molar-refractivity contribution < 1.29 is 14.3 Å². The van der Waals surface area contributed by atoms with Crippen LogP contribution in [0, 0.1) is 0 Å². The Hall–Kier alpha value is -3.21. The van der Waals surface area contributed by atoms with Crippen LogP contribution in [0.4, 0.5) is 0 Å². The second kappa shape index (κ2) is 10.4. The second-order valence-electron chi connectivity index (χ2n) is 7.24. The molecule has 0 radical (unpaired) electrons. The van der Waals surface area contributed by atoms with Crippen molar-refractivity contribution in [3.63, 3.8) is 0 Å². The van der Waals surface area contributed by atoms with Crippen molar-refractivity contribution in [3.05, 3.63) is 100 Å². The van der Waals surface area contributed by atoms with E-state index in [1.165, 1.54) is 0 Å². The van der Waals surface area contributed by atoms with Gasteiger partial charge in [-0.15, -0.1) is 0 Å². The first-order valence-corrected chi connectivity index (χ1v) is 12.1. The molecule has 1 aromatic heterocycles. The molecule has 0 N–H and O–H groups in total. The molecule has 5 nitrogen and oxygen atoms in total. The Bertz CT molecular complexity index is 1140. The maximum atomic E-state index is 13.4. The Labute approximate surface area is 194 Å². The van der Waals surface area contributed by atoms with E-state index in [-0.39, 0.29) is 26.6 Å². The first kappa shape index (κ1) is 22.0. The topological polar surface area (TPSA) is 61.3 Å². The third-order valence-electron chi connectivity index (χ3n) is 5.35. The number of benzene rings is 3. The van der Waals surface area contributed by atoms with Crippen molar-refractivity contribution in [1.82, 2.24) is 9.19 Å². The summed E-state index contributed by atoms with van der Waals surface area (Å²) >= 11 is -0.227. The zero-order valence-electron chi connectivity index (χ0n) is 18.0. The van der Waals surface area contributed by atoms with E-state index in [4.69, 9.17) is 9.47 Å². The minimum atomic E-state index is -0.511. The predicted octanol–water partition coefficient (Wildman–Crippen LogP) is 4.69. The van der Waals surface area contributed by atoms with Crippen molar-refractivity contribution in [2.24, 2.45) is 0 Å². The Morgan fingerprint density at radius 3 is 2.19 bits per heavy atom. The fourth-order valence-corrected chi connectivity index (χ4v) is 5.63. The molecule has 0 spiro atoms. The minimum absolute atomic E-state index is 0.227. The number of carbonyl (C=O) groups is 1. The van der Waals surface area contributed by atoms with E-state index >= 15 is 0 Å². The number of nitrogens with zero attached hydrogens (tertiary/aromatic N) is 2. The molecule has 32 heavy (non-hydrogen) atoms. The summed E-state index contributed by atoms with van der Waals surface area (Å²) in [5.41, 5.74) is 3.76. The van der Waals surface area contributed by atoms with Crippen molar-refractivity contribution in [2.45, 2.75) is 18.8 Å². The molecular formula is C26H24N2O3Se. The van der Waals surface area contributed by atoms with Gasteiger partial charge in [0, 0.05) is 0 Å². The molecule has 0 bridgehead atoms. The van der Waals surface area contributed by atoms with Gasteiger partial charge in [0.25, 0.3) is 0 Å². The third kappa shape index (κ3) is 4.67. The second-order valence-corrected chi connectivity index (χ2v) is 8.89. The van der Waals surface area contributed by atoms with Gasteiger partial charge in [-0.3, -0.25) is 0 Å². The zero-order chi connectivity index (χ0) is 22.3. The van der Waals surface area contributed by atoms with E-state index in [1.807, 2.05) is 91.9 Å². The van der Waals surface area contributed by atoms with E-state index in [0.29, 0.717) is 6.61 Å². The fourth-order valence-electron chi connectivity index (χ4n) is 3.86. The van der Waals surface area contributed by atoms with Crippen LogP contribution in [0.25, 0.3) is 11.3 Å². The van der Waals surface area contributed by atoms with Gasteiger partial charge in [0.1, 0.15) is 0 Å². The Kier molecular flexibility index (Phi) is 7.15. The van der Waals surface area contributed by atoms with E-state index in [2.05, 4.69) is 9.19 Å². The van der Waals surface area contributed by atoms with Crippen LogP contribution in [0.5, 0.6) is 5.75 Å². The van der Waals surface area contributed by atoms with Crippen LogP contribution in [0.3, 0.4) is 0 Å². The van der Waals surface area contributed by atoms with Crippen LogP contribution in [0.2, 0.25) is 0 Å². The molecule has 0 fully saturated rings. The van der Waals surface area contributed by atoms with Gasteiger partial charge in [0.2, 0.25) is 0 Å². The third-order valence-corrected chi connectivity index (χ3v) is 7.04. The number of hydrogen-bond donors (Lipinski definition) is 0. The Balaban J connectivity index is 1.91. The summed E-state index contributed by atoms with van der Waals surface area (Å²) in [7, 11) is 1.64. The van der Waals surface area contributed by atoms with E-state index in [0.717, 1.165) is 32.6 Å². The molecule has 0 unspecified atom stereocenters. The van der Waals surface area contributed by atoms with Gasteiger partial charge in [-0.2, -0.15) is 0 Å². The van der Waals surface area contributed by atoms with Gasteiger partial charge in [0.05, 0.1) is 0 Å². The summed E-state index contributed by atoms with van der Waals surface area (Å²) in [4.78, 5) is 13.4. The SMILES string of the molecule is CCOC(=O)[C@H](c1ccccc1)[C@@H](c1ccc(OC)cc1)c1[se]nnc1-c1ccccc1. The van der Waals surface area contributed by atoms with Crippen molar-refractivity contribution in [3.8, 4) is 17.0 Å². The van der Waals surface area contributed by atoms with Crippen molar-refractivity contribution >= 4 is 20.7 Å². The van der Waals surface area contributed by atoms with Gasteiger partial charge in [-0.05, 0) is 0 Å². The molecule has 4 rings (SSSR count). The van der Waals surface area contributed by atoms with Gasteiger partial charge in [-0.25, -0.2) is 0 Å². The maximum absolute atomic E-state index is 13.4. The first-order chi connectivity index (χ1) is 15.7. The zero-order valence-corrected chi connectivity index (χ0v) is 19.7. The molecule has 1 heterocycles. The van der Waals surface area contributed by atoms with Crippen LogP contribution in [-0.2, 0) is 9.53 Å². The van der Waals surface area contributed by atoms with E-state index in [1.54, 1.807) is 7.11 Å². The van der Waals surface area contributed by atoms with Crippen molar-refractivity contribution in [2.75, 3.05) is 13.7 Å². The number of rotatable bonds is 8. The van der Waals surface area contributed by atoms with Gasteiger partial charge < -0.3 is 0 Å². The molecule has 4 aromatic rings. The molecule has 6 heteroatoms. The average Bonchev–Trinajstić information content (AvgIpc) is 3.33. The summed E-state index contributed by atoms with van der Waals surface area (Å²) in [5.74, 6) is -0.248. The standard InChI is InChI=1S/C26H24N2O3Se/c1-3-31-26(29)23(18-10-6-4-7-11-18)22(19-14-16-21(30-2)17-15-19)25-24(27-28-32-25)20-12-8-5-9-13-20/h4-17,22-23H,3H2,1-2H3/t22-,23-/m1/s1. The fraction of sp³-hybridized carbons (Fsp3) is 0.192. The van der Waals surface area contributed by atoms with Crippen molar-refractivity contribution in [1.29, 1.82) is 0 Å². The summed E-state index contributed by atoms with van der Waals surface area (Å²) in [5, 5.41) is 4.50. The summed E-state index contributed by atoms with van der Waals surface area (Å²) in [6.07, 6.45) is 0. The number of hydrogen-bond acceptors (Lipinski definition) is 5. The molecule has 0 aliphatic heterocycles. The molecule has 0 amide bonds. The molecule has 0 saturated carbocycles. The normalized spacial score (nSPS) is 12.7. The van der Waals surface area contributed by atoms with E-state index in [9.17, 15) is 4.79 Å². The predicted molar refractivity (Wildman–Crippen MR) is 125 cm³/mol. The number of aromatic nitrogens is 2. The molecular weight excluding hydrogens is 467 g/mol. The van der Waals surface area contributed by atoms with Gasteiger partial charge in [-0.1, -0.05) is 0 Å². The summed E-state index contributed by atoms with van der Waals surface area (Å²) in [6, 6.07) is 27.7. The Morgan fingerprint density at radius 2 is 1.56 bits per heavy atom. The van der Waals surface area contributed by atoms with Crippen LogP contribution < -0.4 is 4.74 Å². The van der Waals surface area contributed by atoms with Gasteiger partial charge >= 0.3 is 194 Å². The molecule has 0 aliphatic rings. The monoisotopic (exact) mass is 492 g/mol. The average molecular weight is 491 g/mol. The first-order valence-electron chi connectivity index (χ1n) is 10.5. The summed E-state index contributed by atoms with van der Waals surface area (Å²) < 4.78 is 16.4.